The summed E-state index contributed by atoms with van der Waals surface area (Å²) in [5.74, 6) is -0.314. The Labute approximate surface area is 109 Å². The fraction of sp³-hybridized carbons (Fsp3) is 0.538. The minimum Gasteiger partial charge on any atom is -0.507 e. The van der Waals surface area contributed by atoms with Crippen molar-refractivity contribution in [1.29, 1.82) is 0 Å². The molecule has 1 fully saturated rings. The molecule has 6 heteroatoms. The summed E-state index contributed by atoms with van der Waals surface area (Å²) < 4.78 is 43.4. The monoisotopic (exact) mass is 275 g/mol. The first-order valence-corrected chi connectivity index (χ1v) is 6.09. The fourth-order valence-electron chi connectivity index (χ4n) is 2.35. The summed E-state index contributed by atoms with van der Waals surface area (Å²) >= 11 is 0. The SMILES string of the molecule is COc1cc(CC2CCNC2)c(O)c(C(F)(F)F)c1. The molecule has 2 N–H and O–H groups in total. The van der Waals surface area contributed by atoms with Crippen molar-refractivity contribution >= 4 is 0 Å². The maximum absolute atomic E-state index is 12.8. The molecule has 0 amide bonds. The van der Waals surface area contributed by atoms with E-state index in [4.69, 9.17) is 4.74 Å². The van der Waals surface area contributed by atoms with Crippen molar-refractivity contribution in [1.82, 2.24) is 5.32 Å². The minimum atomic E-state index is -4.58. The van der Waals surface area contributed by atoms with E-state index in [1.54, 1.807) is 0 Å². The third kappa shape index (κ3) is 3.12. The summed E-state index contributed by atoms with van der Waals surface area (Å²) in [7, 11) is 1.31. The Hall–Kier alpha value is -1.43. The Morgan fingerprint density at radius 2 is 2.16 bits per heavy atom. The number of nitrogens with one attached hydrogen (secondary N) is 1. The first-order valence-electron chi connectivity index (χ1n) is 6.09. The van der Waals surface area contributed by atoms with Gasteiger partial charge in [0.05, 0.1) is 7.11 Å². The molecule has 1 aromatic carbocycles. The number of phenolic OH excluding ortho intramolecular Hbond substituents is 1. The lowest BCUT2D eigenvalue weighted by atomic mass is 9.96. The van der Waals surface area contributed by atoms with Gasteiger partial charge in [-0.15, -0.1) is 0 Å². The van der Waals surface area contributed by atoms with Gasteiger partial charge in [0.2, 0.25) is 0 Å². The van der Waals surface area contributed by atoms with Gasteiger partial charge in [0.15, 0.2) is 0 Å². The quantitative estimate of drug-likeness (QED) is 0.891. The molecule has 0 bridgehead atoms. The maximum Gasteiger partial charge on any atom is 0.420 e. The number of phenols is 1. The van der Waals surface area contributed by atoms with Crippen LogP contribution in [0.1, 0.15) is 17.5 Å². The Morgan fingerprint density at radius 1 is 1.42 bits per heavy atom. The van der Waals surface area contributed by atoms with Crippen LogP contribution in [0.5, 0.6) is 11.5 Å². The van der Waals surface area contributed by atoms with Crippen molar-refractivity contribution in [3.8, 4) is 11.5 Å². The fourth-order valence-corrected chi connectivity index (χ4v) is 2.35. The summed E-state index contributed by atoms with van der Waals surface area (Å²) in [6, 6.07) is 2.30. The zero-order valence-corrected chi connectivity index (χ0v) is 10.5. The number of alkyl halides is 3. The third-order valence-electron chi connectivity index (χ3n) is 3.37. The van der Waals surface area contributed by atoms with Crippen molar-refractivity contribution in [3.05, 3.63) is 23.3 Å². The van der Waals surface area contributed by atoms with Crippen molar-refractivity contribution in [2.45, 2.75) is 19.0 Å². The van der Waals surface area contributed by atoms with Gasteiger partial charge in [-0.2, -0.15) is 13.2 Å². The first kappa shape index (κ1) is 14.0. The van der Waals surface area contributed by atoms with E-state index in [0.717, 1.165) is 25.6 Å². The second-order valence-electron chi connectivity index (χ2n) is 4.74. The molecule has 0 spiro atoms. The number of hydrogen-bond acceptors (Lipinski definition) is 3. The largest absolute Gasteiger partial charge is 0.507 e. The zero-order chi connectivity index (χ0) is 14.0. The Morgan fingerprint density at radius 3 is 2.68 bits per heavy atom. The molecule has 1 atom stereocenters. The number of ether oxygens (including phenoxy) is 1. The molecule has 2 rings (SSSR count). The molecule has 106 valence electrons. The molecule has 0 radical (unpaired) electrons. The predicted molar refractivity (Wildman–Crippen MR) is 64.3 cm³/mol. The number of hydrogen-bond donors (Lipinski definition) is 2. The number of halogens is 3. The Bertz CT molecular complexity index is 454. The lowest BCUT2D eigenvalue weighted by Crippen LogP contribution is -2.12. The molecule has 1 unspecified atom stereocenters. The van der Waals surface area contributed by atoms with Crippen LogP contribution in [0.3, 0.4) is 0 Å². The van der Waals surface area contributed by atoms with Gasteiger partial charge in [-0.3, -0.25) is 0 Å². The molecule has 1 aliphatic heterocycles. The maximum atomic E-state index is 12.8. The van der Waals surface area contributed by atoms with Gasteiger partial charge >= 0.3 is 6.18 Å². The van der Waals surface area contributed by atoms with Gasteiger partial charge in [-0.1, -0.05) is 0 Å². The topological polar surface area (TPSA) is 41.5 Å². The molecule has 1 aromatic rings. The highest BCUT2D eigenvalue weighted by Gasteiger charge is 2.36. The Balaban J connectivity index is 2.35. The summed E-state index contributed by atoms with van der Waals surface area (Å²) in [6.07, 6.45) is -3.27. The van der Waals surface area contributed by atoms with Gasteiger partial charge in [0.25, 0.3) is 0 Å². The molecule has 0 aliphatic carbocycles. The second-order valence-corrected chi connectivity index (χ2v) is 4.74. The van der Waals surface area contributed by atoms with Crippen LogP contribution >= 0.6 is 0 Å². The van der Waals surface area contributed by atoms with Crippen molar-refractivity contribution < 1.29 is 23.0 Å². The van der Waals surface area contributed by atoms with Crippen LogP contribution < -0.4 is 10.1 Å². The molecule has 0 saturated carbocycles. The molecule has 1 aliphatic rings. The van der Waals surface area contributed by atoms with E-state index in [-0.39, 0.29) is 11.7 Å². The normalized spacial score (nSPS) is 19.7. The van der Waals surface area contributed by atoms with Gasteiger partial charge in [-0.05, 0) is 49.5 Å². The lowest BCUT2D eigenvalue weighted by Gasteiger charge is -2.16. The molecule has 1 heterocycles. The van der Waals surface area contributed by atoms with Crippen LogP contribution in [0.4, 0.5) is 13.2 Å². The summed E-state index contributed by atoms with van der Waals surface area (Å²) in [5.41, 5.74) is -0.742. The van der Waals surface area contributed by atoms with E-state index < -0.39 is 17.5 Å². The van der Waals surface area contributed by atoms with E-state index in [9.17, 15) is 18.3 Å². The van der Waals surface area contributed by atoms with E-state index in [2.05, 4.69) is 5.32 Å². The number of rotatable bonds is 3. The van der Waals surface area contributed by atoms with Crippen LogP contribution in [0, 0.1) is 5.92 Å². The van der Waals surface area contributed by atoms with Gasteiger partial charge in [0, 0.05) is 0 Å². The number of aromatic hydroxyl groups is 1. The van der Waals surface area contributed by atoms with Crippen LogP contribution in [-0.2, 0) is 12.6 Å². The minimum absolute atomic E-state index is 0.117. The first-order chi connectivity index (χ1) is 8.91. The second kappa shape index (κ2) is 5.28. The average molecular weight is 275 g/mol. The van der Waals surface area contributed by atoms with Gasteiger partial charge in [0.1, 0.15) is 17.1 Å². The zero-order valence-electron chi connectivity index (χ0n) is 10.5. The smallest absolute Gasteiger partial charge is 0.420 e. The van der Waals surface area contributed by atoms with Crippen molar-refractivity contribution in [3.63, 3.8) is 0 Å². The van der Waals surface area contributed by atoms with E-state index >= 15 is 0 Å². The van der Waals surface area contributed by atoms with E-state index in [0.29, 0.717) is 12.0 Å². The van der Waals surface area contributed by atoms with Crippen LogP contribution in [0.15, 0.2) is 12.1 Å². The summed E-state index contributed by atoms with van der Waals surface area (Å²) in [4.78, 5) is 0. The molecule has 0 aromatic heterocycles. The number of methoxy groups -OCH3 is 1. The lowest BCUT2D eigenvalue weighted by molar-refractivity contribution is -0.138. The molecular formula is C13H16F3NO2. The third-order valence-corrected chi connectivity index (χ3v) is 3.37. The van der Waals surface area contributed by atoms with Crippen molar-refractivity contribution in [2.24, 2.45) is 5.92 Å². The van der Waals surface area contributed by atoms with E-state index in [1.165, 1.54) is 13.2 Å². The Kier molecular flexibility index (Phi) is 3.89. The summed E-state index contributed by atoms with van der Waals surface area (Å²) in [6.45, 7) is 1.62. The predicted octanol–water partition coefficient (Wildman–Crippen LogP) is 2.57. The standard InChI is InChI=1S/C13H16F3NO2/c1-19-10-5-9(4-8-2-3-17-7-8)12(18)11(6-10)13(14,15)16/h5-6,8,17-18H,2-4,7H2,1H3. The highest BCUT2D eigenvalue weighted by atomic mass is 19.4. The molecular weight excluding hydrogens is 259 g/mol. The highest BCUT2D eigenvalue weighted by Crippen LogP contribution is 2.41. The molecule has 1 saturated heterocycles. The van der Waals surface area contributed by atoms with Gasteiger partial charge < -0.3 is 15.2 Å². The highest BCUT2D eigenvalue weighted by molar-refractivity contribution is 5.48. The molecule has 3 nitrogen and oxygen atoms in total. The van der Waals surface area contributed by atoms with Crippen LogP contribution in [-0.4, -0.2) is 25.3 Å². The van der Waals surface area contributed by atoms with E-state index in [1.807, 2.05) is 0 Å². The summed E-state index contributed by atoms with van der Waals surface area (Å²) in [5, 5.41) is 13.0. The van der Waals surface area contributed by atoms with Crippen LogP contribution in [0.25, 0.3) is 0 Å². The number of benzene rings is 1. The van der Waals surface area contributed by atoms with Crippen molar-refractivity contribution in [2.75, 3.05) is 20.2 Å². The molecule has 19 heavy (non-hydrogen) atoms. The van der Waals surface area contributed by atoms with Gasteiger partial charge in [-0.25, -0.2) is 0 Å². The van der Waals surface area contributed by atoms with Crippen LogP contribution in [0.2, 0.25) is 0 Å². The average Bonchev–Trinajstić information content (AvgIpc) is 2.83.